The molecule has 3 aromatic rings. The van der Waals surface area contributed by atoms with Gasteiger partial charge in [-0.05, 0) is 49.7 Å². The van der Waals surface area contributed by atoms with Gasteiger partial charge in [-0.3, -0.25) is 9.10 Å². The molecule has 0 bridgehead atoms. The van der Waals surface area contributed by atoms with Crippen LogP contribution in [0.25, 0.3) is 10.9 Å². The summed E-state index contributed by atoms with van der Waals surface area (Å²) in [5.41, 5.74) is 0.630. The van der Waals surface area contributed by atoms with E-state index in [0.29, 0.717) is 11.2 Å². The molecular weight excluding hydrogens is 368 g/mol. The number of rotatable bonds is 5. The van der Waals surface area contributed by atoms with Crippen LogP contribution in [0, 0.1) is 6.92 Å². The van der Waals surface area contributed by atoms with E-state index in [1.807, 2.05) is 13.0 Å². The first-order chi connectivity index (χ1) is 12.8. The number of benzene rings is 2. The molecule has 0 spiro atoms. The van der Waals surface area contributed by atoms with Crippen molar-refractivity contribution in [2.75, 3.05) is 10.8 Å². The minimum absolute atomic E-state index is 0.0104. The van der Waals surface area contributed by atoms with E-state index in [1.54, 1.807) is 25.1 Å². The van der Waals surface area contributed by atoms with Crippen molar-refractivity contribution >= 4 is 32.6 Å². The van der Waals surface area contributed by atoms with Gasteiger partial charge < -0.3 is 10.1 Å². The summed E-state index contributed by atoms with van der Waals surface area (Å²) in [5, 5.41) is 9.12. The van der Waals surface area contributed by atoms with E-state index in [-0.39, 0.29) is 16.8 Å². The van der Waals surface area contributed by atoms with Crippen molar-refractivity contribution in [2.24, 2.45) is 0 Å². The zero-order chi connectivity index (χ0) is 19.8. The van der Waals surface area contributed by atoms with Crippen LogP contribution in [-0.4, -0.2) is 31.0 Å². The summed E-state index contributed by atoms with van der Waals surface area (Å²) in [6, 6.07) is 11.2. The number of aromatic nitrogens is 1. The average molecular weight is 386 g/mol. The normalized spacial score (nSPS) is 11.5. The number of hydrogen-bond donors (Lipinski definition) is 2. The first kappa shape index (κ1) is 18.7. The summed E-state index contributed by atoms with van der Waals surface area (Å²) in [6.07, 6.45) is 1.10. The molecule has 0 aliphatic rings. The van der Waals surface area contributed by atoms with Crippen LogP contribution in [0.3, 0.4) is 0 Å². The molecule has 27 heavy (non-hydrogen) atoms. The fourth-order valence-corrected chi connectivity index (χ4v) is 4.41. The molecule has 1 heterocycles. The average Bonchev–Trinajstić information content (AvgIpc) is 2.62. The number of fused-ring (bicyclic) bond motifs is 1. The van der Waals surface area contributed by atoms with Crippen molar-refractivity contribution in [3.8, 4) is 0 Å². The number of aromatic amines is 1. The molecule has 0 radical (unpaired) electrons. The minimum atomic E-state index is -3.93. The van der Waals surface area contributed by atoms with E-state index >= 15 is 0 Å². The van der Waals surface area contributed by atoms with Crippen LogP contribution in [0.4, 0.5) is 5.69 Å². The van der Waals surface area contributed by atoms with Gasteiger partial charge in [0.05, 0.1) is 10.6 Å². The van der Waals surface area contributed by atoms with E-state index in [4.69, 9.17) is 5.11 Å². The summed E-state index contributed by atoms with van der Waals surface area (Å²) in [7, 11) is -3.93. The summed E-state index contributed by atoms with van der Waals surface area (Å²) in [5.74, 6) is -1.37. The molecule has 2 N–H and O–H groups in total. The van der Waals surface area contributed by atoms with Crippen molar-refractivity contribution in [2.45, 2.75) is 18.7 Å². The zero-order valence-electron chi connectivity index (χ0n) is 14.8. The molecule has 0 saturated carbocycles. The highest BCUT2D eigenvalue weighted by Crippen LogP contribution is 2.25. The second-order valence-electron chi connectivity index (χ2n) is 6.05. The van der Waals surface area contributed by atoms with Crippen LogP contribution < -0.4 is 9.73 Å². The van der Waals surface area contributed by atoms with E-state index in [9.17, 15) is 18.0 Å². The molecule has 2 aromatic carbocycles. The third-order valence-electron chi connectivity index (χ3n) is 4.25. The smallest absolute Gasteiger partial charge is 0.341 e. The number of hydrogen-bond acceptors (Lipinski definition) is 4. The molecule has 7 nitrogen and oxygen atoms in total. The van der Waals surface area contributed by atoms with Crippen molar-refractivity contribution in [1.82, 2.24) is 4.98 Å². The molecule has 0 atom stereocenters. The largest absolute Gasteiger partial charge is 0.477 e. The number of sulfonamides is 1. The quantitative estimate of drug-likeness (QED) is 0.701. The third kappa shape index (κ3) is 3.31. The molecular formula is C19H18N2O5S. The lowest BCUT2D eigenvalue weighted by Gasteiger charge is -2.23. The molecule has 1 aromatic heterocycles. The Balaban J connectivity index is 2.18. The maximum Gasteiger partial charge on any atom is 0.341 e. The zero-order valence-corrected chi connectivity index (χ0v) is 15.6. The highest BCUT2D eigenvalue weighted by Gasteiger charge is 2.24. The van der Waals surface area contributed by atoms with Crippen LogP contribution >= 0.6 is 0 Å². The van der Waals surface area contributed by atoms with E-state index in [1.165, 1.54) is 22.5 Å². The molecule has 0 fully saturated rings. The maximum atomic E-state index is 13.1. The third-order valence-corrected chi connectivity index (χ3v) is 6.15. The Morgan fingerprint density at radius 3 is 2.56 bits per heavy atom. The Bertz CT molecular complexity index is 1200. The minimum Gasteiger partial charge on any atom is -0.477 e. The maximum absolute atomic E-state index is 13.1. The fourth-order valence-electron chi connectivity index (χ4n) is 2.92. The first-order valence-corrected chi connectivity index (χ1v) is 9.68. The van der Waals surface area contributed by atoms with Gasteiger partial charge in [-0.25, -0.2) is 13.2 Å². The molecule has 0 aliphatic carbocycles. The van der Waals surface area contributed by atoms with Crippen LogP contribution in [0.5, 0.6) is 0 Å². The van der Waals surface area contributed by atoms with Crippen molar-refractivity contribution in [3.05, 3.63) is 70.0 Å². The Labute approximate surface area is 155 Å². The molecule has 8 heteroatoms. The van der Waals surface area contributed by atoms with E-state index in [2.05, 4.69) is 4.98 Å². The Morgan fingerprint density at radius 2 is 1.93 bits per heavy atom. The highest BCUT2D eigenvalue weighted by molar-refractivity contribution is 7.92. The SMILES string of the molecule is CCN(c1cccc(C)c1)S(=O)(=O)c1ccc2[nH]cc(C(=O)O)c(=O)c2c1. The lowest BCUT2D eigenvalue weighted by molar-refractivity contribution is 0.0695. The number of aromatic carboxylic acids is 1. The fraction of sp³-hybridized carbons (Fsp3) is 0.158. The molecule has 3 rings (SSSR count). The standard InChI is InChI=1S/C19H18N2O5S/c1-3-21(13-6-4-5-12(2)9-13)27(25,26)14-7-8-17-15(10-14)18(22)16(11-20-17)19(23)24/h4-11H,3H2,1-2H3,(H,20,22)(H,23,24). The van der Waals surface area contributed by atoms with Crippen LogP contribution in [0.15, 0.2) is 58.4 Å². The number of aryl methyl sites for hydroxylation is 1. The van der Waals surface area contributed by atoms with Gasteiger partial charge in [0.15, 0.2) is 0 Å². The highest BCUT2D eigenvalue weighted by atomic mass is 32.2. The summed E-state index contributed by atoms with van der Waals surface area (Å²) in [6.45, 7) is 3.79. The number of pyridine rings is 1. The van der Waals surface area contributed by atoms with Gasteiger partial charge in [-0.1, -0.05) is 12.1 Å². The summed E-state index contributed by atoms with van der Waals surface area (Å²) >= 11 is 0. The number of anilines is 1. The number of carbonyl (C=O) groups is 1. The summed E-state index contributed by atoms with van der Waals surface area (Å²) < 4.78 is 27.5. The Morgan fingerprint density at radius 1 is 1.19 bits per heavy atom. The van der Waals surface area contributed by atoms with Crippen molar-refractivity contribution in [3.63, 3.8) is 0 Å². The monoisotopic (exact) mass is 386 g/mol. The lowest BCUT2D eigenvalue weighted by Crippen LogP contribution is -2.31. The lowest BCUT2D eigenvalue weighted by atomic mass is 10.1. The van der Waals surface area contributed by atoms with Gasteiger partial charge in [-0.15, -0.1) is 0 Å². The van der Waals surface area contributed by atoms with Crippen LogP contribution in [0.2, 0.25) is 0 Å². The van der Waals surface area contributed by atoms with Crippen LogP contribution in [-0.2, 0) is 10.0 Å². The Kier molecular flexibility index (Phi) is 4.75. The van der Waals surface area contributed by atoms with Gasteiger partial charge in [0.1, 0.15) is 5.56 Å². The van der Waals surface area contributed by atoms with Gasteiger partial charge in [0.25, 0.3) is 10.0 Å². The number of nitrogens with zero attached hydrogens (tertiary/aromatic N) is 1. The number of carboxylic acid groups (broad SMARTS) is 1. The van der Waals surface area contributed by atoms with Gasteiger partial charge in [0, 0.05) is 23.6 Å². The van der Waals surface area contributed by atoms with Crippen molar-refractivity contribution in [1.29, 1.82) is 0 Å². The topological polar surface area (TPSA) is 108 Å². The van der Waals surface area contributed by atoms with Gasteiger partial charge >= 0.3 is 5.97 Å². The molecule has 0 saturated heterocycles. The van der Waals surface area contributed by atoms with E-state index in [0.717, 1.165) is 11.8 Å². The number of carboxylic acids is 1. The predicted molar refractivity (Wildman–Crippen MR) is 103 cm³/mol. The van der Waals surface area contributed by atoms with Gasteiger partial charge in [0.2, 0.25) is 5.43 Å². The molecule has 140 valence electrons. The predicted octanol–water partition coefficient (Wildman–Crippen LogP) is 2.75. The molecule has 0 amide bonds. The van der Waals surface area contributed by atoms with Gasteiger partial charge in [-0.2, -0.15) is 0 Å². The van der Waals surface area contributed by atoms with E-state index < -0.39 is 27.0 Å². The van der Waals surface area contributed by atoms with Crippen molar-refractivity contribution < 1.29 is 18.3 Å². The second-order valence-corrected chi connectivity index (χ2v) is 7.92. The number of H-pyrrole nitrogens is 1. The Hall–Kier alpha value is -3.13. The molecule has 0 unspecified atom stereocenters. The van der Waals surface area contributed by atoms with Crippen LogP contribution in [0.1, 0.15) is 22.8 Å². The second kappa shape index (κ2) is 6.88. The first-order valence-electron chi connectivity index (χ1n) is 8.24. The molecule has 0 aliphatic heterocycles. The summed E-state index contributed by atoms with van der Waals surface area (Å²) in [4.78, 5) is 26.2. The number of nitrogens with one attached hydrogen (secondary N) is 1.